The van der Waals surface area contributed by atoms with Crippen LogP contribution in [0.3, 0.4) is 0 Å². The summed E-state index contributed by atoms with van der Waals surface area (Å²) < 4.78 is 24.6. The number of nitrogens with one attached hydrogen (secondary N) is 1. The van der Waals surface area contributed by atoms with Gasteiger partial charge in [0.05, 0.1) is 10.9 Å². The molecule has 0 saturated heterocycles. The van der Waals surface area contributed by atoms with Gasteiger partial charge in [0, 0.05) is 19.1 Å². The number of aromatic nitrogens is 2. The topological polar surface area (TPSA) is 83.1 Å². The summed E-state index contributed by atoms with van der Waals surface area (Å²) in [6.07, 6.45) is 0. The van der Waals surface area contributed by atoms with E-state index in [-0.39, 0.29) is 11.6 Å². The highest BCUT2D eigenvalue weighted by Gasteiger charge is 2.17. The molecule has 0 aliphatic carbocycles. The monoisotopic (exact) mass is 301 g/mol. The van der Waals surface area contributed by atoms with Gasteiger partial charge in [0.25, 0.3) is 5.56 Å². The van der Waals surface area contributed by atoms with E-state index in [9.17, 15) is 13.2 Å². The van der Waals surface area contributed by atoms with E-state index in [4.69, 9.17) is 11.6 Å². The van der Waals surface area contributed by atoms with Gasteiger partial charge < -0.3 is 4.98 Å². The maximum absolute atomic E-state index is 11.8. The number of nitrogens with zero attached hydrogens (tertiary/aromatic N) is 2. The minimum atomic E-state index is -3.47. The number of benzene rings is 1. The van der Waals surface area contributed by atoms with E-state index in [0.717, 1.165) is 4.31 Å². The molecule has 0 spiro atoms. The summed E-state index contributed by atoms with van der Waals surface area (Å²) in [4.78, 5) is 18.4. The number of fused-ring (bicyclic) bond motifs is 1. The molecule has 6 nitrogen and oxygen atoms in total. The van der Waals surface area contributed by atoms with Crippen molar-refractivity contribution in [3.8, 4) is 0 Å². The summed E-state index contributed by atoms with van der Waals surface area (Å²) in [6.45, 7) is 0. The Morgan fingerprint density at radius 1 is 1.37 bits per heavy atom. The van der Waals surface area contributed by atoms with Crippen molar-refractivity contribution < 1.29 is 8.42 Å². The van der Waals surface area contributed by atoms with Gasteiger partial charge in [-0.3, -0.25) is 4.79 Å². The van der Waals surface area contributed by atoms with Crippen LogP contribution in [0.15, 0.2) is 23.0 Å². The molecule has 0 amide bonds. The van der Waals surface area contributed by atoms with Gasteiger partial charge in [-0.25, -0.2) is 17.7 Å². The Kier molecular flexibility index (Phi) is 3.62. The summed E-state index contributed by atoms with van der Waals surface area (Å²) in [5.41, 5.74) is 0.00793. The number of H-pyrrole nitrogens is 1. The highest BCUT2D eigenvalue weighted by molar-refractivity contribution is 7.88. The normalized spacial score (nSPS) is 12.2. The van der Waals surface area contributed by atoms with E-state index >= 15 is 0 Å². The fraction of sp³-hybridized carbons (Fsp3) is 0.273. The highest BCUT2D eigenvalue weighted by atomic mass is 35.5. The summed E-state index contributed by atoms with van der Waals surface area (Å²) in [5.74, 6) is -0.248. The van der Waals surface area contributed by atoms with Crippen molar-refractivity contribution in [2.24, 2.45) is 0 Å². The van der Waals surface area contributed by atoms with Crippen molar-refractivity contribution >= 4 is 32.5 Å². The van der Waals surface area contributed by atoms with Gasteiger partial charge in [-0.15, -0.1) is 0 Å². The first-order valence-electron chi connectivity index (χ1n) is 5.38. The van der Waals surface area contributed by atoms with Crippen LogP contribution in [0.2, 0.25) is 5.02 Å². The van der Waals surface area contributed by atoms with Gasteiger partial charge in [0.15, 0.2) is 0 Å². The molecule has 1 aromatic heterocycles. The maximum Gasteiger partial charge on any atom is 0.258 e. The number of hydrogen-bond donors (Lipinski definition) is 1. The van der Waals surface area contributed by atoms with Gasteiger partial charge >= 0.3 is 0 Å². The molecular weight excluding hydrogens is 290 g/mol. The molecule has 19 heavy (non-hydrogen) atoms. The van der Waals surface area contributed by atoms with Crippen LogP contribution in [0.1, 0.15) is 5.82 Å². The average Bonchev–Trinajstić information content (AvgIpc) is 2.29. The van der Waals surface area contributed by atoms with Crippen molar-refractivity contribution in [3.63, 3.8) is 0 Å². The SMILES string of the molecule is CN(C)S(=O)(=O)Cc1nc2ccc(Cl)cc2c(=O)[nH]1. The van der Waals surface area contributed by atoms with Crippen LogP contribution >= 0.6 is 11.6 Å². The number of halogens is 1. The molecule has 0 atom stereocenters. The van der Waals surface area contributed by atoms with Gasteiger partial charge in [-0.05, 0) is 18.2 Å². The molecule has 102 valence electrons. The maximum atomic E-state index is 11.8. The molecule has 0 fully saturated rings. The Hall–Kier alpha value is -1.44. The third-order valence-electron chi connectivity index (χ3n) is 2.59. The Balaban J connectivity index is 2.54. The third-order valence-corrected chi connectivity index (χ3v) is 4.58. The Morgan fingerprint density at radius 2 is 2.05 bits per heavy atom. The molecule has 2 aromatic rings. The molecule has 0 unspecified atom stereocenters. The fourth-order valence-electron chi connectivity index (χ4n) is 1.53. The lowest BCUT2D eigenvalue weighted by molar-refractivity contribution is 0.518. The smallest absolute Gasteiger partial charge is 0.258 e. The van der Waals surface area contributed by atoms with Crippen molar-refractivity contribution in [1.29, 1.82) is 0 Å². The molecule has 1 heterocycles. The summed E-state index contributed by atoms with van der Waals surface area (Å²) in [6, 6.07) is 4.67. The number of aromatic amines is 1. The Labute approximate surface area is 115 Å². The molecule has 1 aromatic carbocycles. The number of sulfonamides is 1. The van der Waals surface area contributed by atoms with E-state index in [1.807, 2.05) is 0 Å². The van der Waals surface area contributed by atoms with Gasteiger partial charge in [0.2, 0.25) is 10.0 Å². The molecule has 1 N–H and O–H groups in total. The molecule has 0 radical (unpaired) electrons. The zero-order valence-electron chi connectivity index (χ0n) is 10.3. The fourth-order valence-corrected chi connectivity index (χ4v) is 2.44. The van der Waals surface area contributed by atoms with Gasteiger partial charge in [0.1, 0.15) is 11.6 Å². The first-order valence-corrected chi connectivity index (χ1v) is 7.37. The van der Waals surface area contributed by atoms with Crippen LogP contribution < -0.4 is 5.56 Å². The van der Waals surface area contributed by atoms with Crippen molar-refractivity contribution in [3.05, 3.63) is 39.4 Å². The molecule has 8 heteroatoms. The molecule has 0 aliphatic rings. The first kappa shape index (κ1) is 14.0. The lowest BCUT2D eigenvalue weighted by Gasteiger charge is -2.10. The van der Waals surface area contributed by atoms with E-state index in [0.29, 0.717) is 15.9 Å². The van der Waals surface area contributed by atoms with E-state index < -0.39 is 15.6 Å². The van der Waals surface area contributed by atoms with Crippen molar-refractivity contribution in [1.82, 2.24) is 14.3 Å². The van der Waals surface area contributed by atoms with E-state index in [2.05, 4.69) is 9.97 Å². The zero-order valence-corrected chi connectivity index (χ0v) is 11.9. The quantitative estimate of drug-likeness (QED) is 0.915. The van der Waals surface area contributed by atoms with Gasteiger partial charge in [-0.2, -0.15) is 0 Å². The summed E-state index contributed by atoms with van der Waals surface area (Å²) in [7, 11) is -0.620. The largest absolute Gasteiger partial charge is 0.309 e. The zero-order chi connectivity index (χ0) is 14.2. The van der Waals surface area contributed by atoms with Crippen LogP contribution in [0.5, 0.6) is 0 Å². The predicted molar refractivity (Wildman–Crippen MR) is 73.7 cm³/mol. The first-order chi connectivity index (χ1) is 8.79. The summed E-state index contributed by atoms with van der Waals surface area (Å²) in [5, 5.41) is 0.756. The van der Waals surface area contributed by atoms with Crippen molar-refractivity contribution in [2.45, 2.75) is 5.75 Å². The summed E-state index contributed by atoms with van der Waals surface area (Å²) >= 11 is 5.80. The predicted octanol–water partition coefficient (Wildman–Crippen LogP) is 0.968. The minimum Gasteiger partial charge on any atom is -0.309 e. The highest BCUT2D eigenvalue weighted by Crippen LogP contribution is 2.15. The van der Waals surface area contributed by atoms with Crippen LogP contribution in [0.25, 0.3) is 10.9 Å². The van der Waals surface area contributed by atoms with Crippen LogP contribution in [0.4, 0.5) is 0 Å². The van der Waals surface area contributed by atoms with Crippen LogP contribution in [0, 0.1) is 0 Å². The van der Waals surface area contributed by atoms with Crippen molar-refractivity contribution in [2.75, 3.05) is 14.1 Å². The standard InChI is InChI=1S/C11H12ClN3O3S/c1-15(2)19(17,18)6-10-13-9-4-3-7(12)5-8(9)11(16)14-10/h3-5H,6H2,1-2H3,(H,13,14,16). The van der Waals surface area contributed by atoms with Crippen LogP contribution in [-0.4, -0.2) is 36.8 Å². The molecular formula is C11H12ClN3O3S. The Bertz CT molecular complexity index is 783. The van der Waals surface area contributed by atoms with E-state index in [1.54, 1.807) is 12.1 Å². The van der Waals surface area contributed by atoms with E-state index in [1.165, 1.54) is 20.2 Å². The minimum absolute atomic E-state index is 0.105. The molecule has 2 rings (SSSR count). The molecule has 0 aliphatic heterocycles. The second kappa shape index (κ2) is 4.92. The molecule has 0 bridgehead atoms. The average molecular weight is 302 g/mol. The number of hydrogen-bond acceptors (Lipinski definition) is 4. The lowest BCUT2D eigenvalue weighted by Crippen LogP contribution is -2.25. The molecule has 0 saturated carbocycles. The third kappa shape index (κ3) is 2.94. The second-order valence-electron chi connectivity index (χ2n) is 4.21. The van der Waals surface area contributed by atoms with Gasteiger partial charge in [-0.1, -0.05) is 11.6 Å². The second-order valence-corrected chi connectivity index (χ2v) is 6.83. The Morgan fingerprint density at radius 3 is 2.68 bits per heavy atom. The number of rotatable bonds is 3. The lowest BCUT2D eigenvalue weighted by atomic mass is 10.2. The van der Waals surface area contributed by atoms with Crippen LogP contribution in [-0.2, 0) is 15.8 Å².